The van der Waals surface area contributed by atoms with Crippen LogP contribution in [0, 0.1) is 0 Å². The zero-order chi connectivity index (χ0) is 23.5. The van der Waals surface area contributed by atoms with Crippen LogP contribution in [0.3, 0.4) is 0 Å². The lowest BCUT2D eigenvalue weighted by atomic mass is 9.84. The van der Waals surface area contributed by atoms with Crippen LogP contribution in [0.5, 0.6) is 0 Å². The smallest absolute Gasteiger partial charge is 0.257 e. The van der Waals surface area contributed by atoms with Crippen LogP contribution in [0.25, 0.3) is 0 Å². The third-order valence-electron chi connectivity index (χ3n) is 5.21. The number of carbonyl (C=O) groups is 1. The number of nitrogens with one attached hydrogen (secondary N) is 2. The van der Waals surface area contributed by atoms with E-state index in [-0.39, 0.29) is 17.4 Å². The molecule has 1 aliphatic heterocycles. The first-order valence-electron chi connectivity index (χ1n) is 11.0. The van der Waals surface area contributed by atoms with E-state index in [2.05, 4.69) is 41.4 Å². The molecule has 2 aromatic carbocycles. The van der Waals surface area contributed by atoms with Crippen molar-refractivity contribution in [2.45, 2.75) is 46.1 Å². The van der Waals surface area contributed by atoms with E-state index in [1.54, 1.807) is 0 Å². The summed E-state index contributed by atoms with van der Waals surface area (Å²) >= 11 is 0. The summed E-state index contributed by atoms with van der Waals surface area (Å²) in [7, 11) is 1.92. The van der Waals surface area contributed by atoms with Gasteiger partial charge in [0, 0.05) is 42.1 Å². The highest BCUT2D eigenvalue weighted by molar-refractivity contribution is 6.06. The van der Waals surface area contributed by atoms with E-state index in [0.29, 0.717) is 23.9 Å². The predicted molar refractivity (Wildman–Crippen MR) is 133 cm³/mol. The van der Waals surface area contributed by atoms with Crippen LogP contribution in [0.2, 0.25) is 0 Å². The molecular weight excluding hydrogens is 400 g/mol. The van der Waals surface area contributed by atoms with Gasteiger partial charge in [0.15, 0.2) is 0 Å². The fourth-order valence-corrected chi connectivity index (χ4v) is 3.52. The summed E-state index contributed by atoms with van der Waals surface area (Å²) in [6.07, 6.45) is 0. The van der Waals surface area contributed by atoms with Gasteiger partial charge in [-0.1, -0.05) is 32.9 Å². The number of likely N-dealkylation sites (N-methyl/N-ethyl adjacent to an activating group) is 1. The number of anilines is 2. The van der Waals surface area contributed by atoms with Crippen LogP contribution in [-0.4, -0.2) is 48.8 Å². The molecule has 0 saturated heterocycles. The van der Waals surface area contributed by atoms with Crippen molar-refractivity contribution in [2.75, 3.05) is 25.5 Å². The zero-order valence-corrected chi connectivity index (χ0v) is 19.9. The molecule has 1 heterocycles. The fourth-order valence-electron chi connectivity index (χ4n) is 3.52. The van der Waals surface area contributed by atoms with E-state index < -0.39 is 0 Å². The molecule has 0 fully saturated rings. The first-order chi connectivity index (χ1) is 15.0. The van der Waals surface area contributed by atoms with Gasteiger partial charge in [0.1, 0.15) is 5.84 Å². The second kappa shape index (κ2) is 9.42. The highest BCUT2D eigenvalue weighted by atomic mass is 16.1. The Morgan fingerprint density at radius 1 is 1.16 bits per heavy atom. The second-order valence-corrected chi connectivity index (χ2v) is 9.41. The molecule has 0 unspecified atom stereocenters. The first-order valence-corrected chi connectivity index (χ1v) is 11.0. The summed E-state index contributed by atoms with van der Waals surface area (Å²) in [6, 6.07) is 13.8. The molecule has 0 aromatic heterocycles. The summed E-state index contributed by atoms with van der Waals surface area (Å²) < 4.78 is 0. The van der Waals surface area contributed by atoms with Crippen LogP contribution in [0.1, 0.15) is 56.1 Å². The largest absolute Gasteiger partial charge is 0.383 e. The number of benzene rings is 2. The summed E-state index contributed by atoms with van der Waals surface area (Å²) in [5.41, 5.74) is 10.4. The van der Waals surface area contributed by atoms with Crippen molar-refractivity contribution in [3.05, 3.63) is 59.2 Å². The van der Waals surface area contributed by atoms with E-state index in [1.165, 1.54) is 0 Å². The van der Waals surface area contributed by atoms with Crippen molar-refractivity contribution in [3.63, 3.8) is 0 Å². The van der Waals surface area contributed by atoms with E-state index in [9.17, 15) is 4.79 Å². The number of amides is 1. The summed E-state index contributed by atoms with van der Waals surface area (Å²) in [5.74, 6) is 0.979. The lowest BCUT2D eigenvalue weighted by Crippen LogP contribution is -2.39. The number of aliphatic imine (C=N–C) groups is 2. The SMILES string of the molecule is CC(C)N=C(N)c1cccc(Nc2ccc(C(=O)NC3=NCCN3C)cc2C(C)(C)C)c1. The number of rotatable bonds is 5. The van der Waals surface area contributed by atoms with Crippen LogP contribution >= 0.6 is 0 Å². The minimum Gasteiger partial charge on any atom is -0.383 e. The molecule has 170 valence electrons. The Kier molecular flexibility index (Phi) is 6.87. The summed E-state index contributed by atoms with van der Waals surface area (Å²) in [4.78, 5) is 23.6. The number of nitrogens with zero attached hydrogens (tertiary/aromatic N) is 3. The maximum atomic E-state index is 12.8. The number of nitrogens with two attached hydrogens (primary N) is 1. The average molecular weight is 435 g/mol. The van der Waals surface area contributed by atoms with Gasteiger partial charge >= 0.3 is 0 Å². The van der Waals surface area contributed by atoms with E-state index in [1.807, 2.05) is 68.3 Å². The number of guanidine groups is 1. The maximum absolute atomic E-state index is 12.8. The molecule has 0 aliphatic carbocycles. The standard InChI is InChI=1S/C25H34N6O/c1-16(2)28-22(26)17-8-7-9-19(14-17)29-21-11-10-18(15-20(21)25(3,4)5)23(32)30-24-27-12-13-31(24)6/h7-11,14-16,29H,12-13H2,1-6H3,(H2,26,28)(H,27,30,32). The molecular formula is C25H34N6O. The lowest BCUT2D eigenvalue weighted by Gasteiger charge is -2.25. The molecule has 0 bridgehead atoms. The predicted octanol–water partition coefficient (Wildman–Crippen LogP) is 3.87. The molecule has 7 heteroatoms. The first kappa shape index (κ1) is 23.3. The van der Waals surface area contributed by atoms with Gasteiger partial charge in [-0.3, -0.25) is 20.1 Å². The number of amidine groups is 1. The average Bonchev–Trinajstić information content (AvgIpc) is 3.11. The van der Waals surface area contributed by atoms with Crippen LogP contribution in [-0.2, 0) is 5.41 Å². The Balaban J connectivity index is 1.88. The van der Waals surface area contributed by atoms with E-state index in [0.717, 1.165) is 29.0 Å². The van der Waals surface area contributed by atoms with Crippen molar-refractivity contribution < 1.29 is 4.79 Å². The molecule has 4 N–H and O–H groups in total. The Hall–Kier alpha value is -3.35. The Labute approximate surface area is 190 Å². The van der Waals surface area contributed by atoms with Gasteiger partial charge in [0.05, 0.1) is 6.54 Å². The van der Waals surface area contributed by atoms with Gasteiger partial charge in [-0.2, -0.15) is 0 Å². The molecule has 1 aliphatic rings. The molecule has 2 aromatic rings. The zero-order valence-electron chi connectivity index (χ0n) is 19.9. The third kappa shape index (κ3) is 5.66. The van der Waals surface area contributed by atoms with E-state index >= 15 is 0 Å². The molecule has 32 heavy (non-hydrogen) atoms. The molecule has 3 rings (SSSR count). The Bertz CT molecular complexity index is 1050. The van der Waals surface area contributed by atoms with Gasteiger partial charge in [-0.15, -0.1) is 0 Å². The quantitative estimate of drug-likeness (QED) is 0.492. The van der Waals surface area contributed by atoms with Crippen LogP contribution in [0.4, 0.5) is 11.4 Å². The minimum atomic E-state index is -0.171. The van der Waals surface area contributed by atoms with Crippen molar-refractivity contribution in [2.24, 2.45) is 15.7 Å². The number of hydrogen-bond donors (Lipinski definition) is 3. The molecule has 0 atom stereocenters. The van der Waals surface area contributed by atoms with Crippen molar-refractivity contribution >= 4 is 29.1 Å². The molecule has 0 radical (unpaired) electrons. The van der Waals surface area contributed by atoms with Crippen LogP contribution in [0.15, 0.2) is 52.4 Å². The number of carbonyl (C=O) groups excluding carboxylic acids is 1. The summed E-state index contributed by atoms with van der Waals surface area (Å²) in [5, 5.41) is 6.42. The topological polar surface area (TPSA) is 95.1 Å². The van der Waals surface area contributed by atoms with Gasteiger partial charge in [0.2, 0.25) is 5.96 Å². The van der Waals surface area contributed by atoms with Crippen molar-refractivity contribution in [3.8, 4) is 0 Å². The fraction of sp³-hybridized carbons (Fsp3) is 0.400. The van der Waals surface area contributed by atoms with Gasteiger partial charge < -0.3 is 16.0 Å². The number of hydrogen-bond acceptors (Lipinski definition) is 5. The van der Waals surface area contributed by atoms with Crippen LogP contribution < -0.4 is 16.4 Å². The maximum Gasteiger partial charge on any atom is 0.257 e. The molecule has 0 saturated carbocycles. The second-order valence-electron chi connectivity index (χ2n) is 9.41. The highest BCUT2D eigenvalue weighted by Gasteiger charge is 2.22. The summed E-state index contributed by atoms with van der Waals surface area (Å²) in [6.45, 7) is 11.9. The van der Waals surface area contributed by atoms with Gasteiger partial charge in [-0.25, -0.2) is 0 Å². The van der Waals surface area contributed by atoms with Crippen molar-refractivity contribution in [1.82, 2.24) is 10.2 Å². The monoisotopic (exact) mass is 434 g/mol. The Morgan fingerprint density at radius 3 is 2.53 bits per heavy atom. The lowest BCUT2D eigenvalue weighted by molar-refractivity contribution is 0.0973. The normalized spacial score (nSPS) is 14.5. The van der Waals surface area contributed by atoms with E-state index in [4.69, 9.17) is 5.73 Å². The molecule has 7 nitrogen and oxygen atoms in total. The minimum absolute atomic E-state index is 0.132. The molecule has 1 amide bonds. The van der Waals surface area contributed by atoms with Gasteiger partial charge in [-0.05, 0) is 55.2 Å². The highest BCUT2D eigenvalue weighted by Crippen LogP contribution is 2.32. The van der Waals surface area contributed by atoms with Crippen molar-refractivity contribution in [1.29, 1.82) is 0 Å². The van der Waals surface area contributed by atoms with Gasteiger partial charge in [0.25, 0.3) is 5.91 Å². The Morgan fingerprint density at radius 2 is 1.91 bits per heavy atom. The molecule has 0 spiro atoms. The third-order valence-corrected chi connectivity index (χ3v) is 5.21.